The Labute approximate surface area is 183 Å². The molecule has 6 nitrogen and oxygen atoms in total. The van der Waals surface area contributed by atoms with Crippen LogP contribution in [0.25, 0.3) is 5.69 Å². The molecule has 0 aliphatic rings. The third kappa shape index (κ3) is 5.75. The van der Waals surface area contributed by atoms with Gasteiger partial charge in [0.1, 0.15) is 11.5 Å². The number of ether oxygens (including phenoxy) is 2. The predicted octanol–water partition coefficient (Wildman–Crippen LogP) is 4.58. The summed E-state index contributed by atoms with van der Waals surface area (Å²) in [4.78, 5) is 12.2. The summed E-state index contributed by atoms with van der Waals surface area (Å²) in [7, 11) is 0. The molecule has 0 spiro atoms. The lowest BCUT2D eigenvalue weighted by atomic mass is 10.1. The molecular formula is C25H29N3O3. The van der Waals surface area contributed by atoms with Gasteiger partial charge in [-0.15, -0.1) is 0 Å². The molecule has 1 aromatic heterocycles. The third-order valence-corrected chi connectivity index (χ3v) is 4.87. The van der Waals surface area contributed by atoms with Gasteiger partial charge in [0.2, 0.25) is 5.91 Å². The summed E-state index contributed by atoms with van der Waals surface area (Å²) < 4.78 is 13.1. The van der Waals surface area contributed by atoms with E-state index in [1.54, 1.807) is 6.21 Å². The van der Waals surface area contributed by atoms with Crippen molar-refractivity contribution >= 4 is 12.1 Å². The van der Waals surface area contributed by atoms with Crippen molar-refractivity contribution in [1.29, 1.82) is 0 Å². The van der Waals surface area contributed by atoms with Crippen molar-refractivity contribution < 1.29 is 14.3 Å². The number of amides is 1. The van der Waals surface area contributed by atoms with E-state index in [9.17, 15) is 4.79 Å². The number of benzene rings is 2. The van der Waals surface area contributed by atoms with E-state index in [1.165, 1.54) is 0 Å². The fraction of sp³-hybridized carbons (Fsp3) is 0.280. The summed E-state index contributed by atoms with van der Waals surface area (Å²) in [5.41, 5.74) is 7.66. The van der Waals surface area contributed by atoms with Crippen molar-refractivity contribution in [3.63, 3.8) is 0 Å². The van der Waals surface area contributed by atoms with Crippen molar-refractivity contribution in [1.82, 2.24) is 9.99 Å². The molecular weight excluding hydrogens is 390 g/mol. The summed E-state index contributed by atoms with van der Waals surface area (Å²) in [5, 5.41) is 4.15. The number of aromatic nitrogens is 1. The Hall–Kier alpha value is -3.54. The van der Waals surface area contributed by atoms with Crippen molar-refractivity contribution in [3.8, 4) is 17.2 Å². The van der Waals surface area contributed by atoms with E-state index in [1.807, 2.05) is 82.3 Å². The molecule has 0 aliphatic heterocycles. The first-order valence-corrected chi connectivity index (χ1v) is 10.5. The number of hydrogen-bond donors (Lipinski definition) is 1. The van der Waals surface area contributed by atoms with Gasteiger partial charge in [-0.25, -0.2) is 5.43 Å². The second-order valence-corrected chi connectivity index (χ2v) is 7.14. The van der Waals surface area contributed by atoms with Crippen LogP contribution in [0, 0.1) is 13.8 Å². The second kappa shape index (κ2) is 10.5. The Morgan fingerprint density at radius 1 is 0.968 bits per heavy atom. The number of nitrogens with one attached hydrogen (secondary N) is 1. The average molecular weight is 420 g/mol. The fourth-order valence-electron chi connectivity index (χ4n) is 3.44. The van der Waals surface area contributed by atoms with E-state index in [-0.39, 0.29) is 12.3 Å². The molecule has 3 rings (SSSR count). The van der Waals surface area contributed by atoms with Gasteiger partial charge < -0.3 is 14.0 Å². The smallest absolute Gasteiger partial charge is 0.244 e. The van der Waals surface area contributed by atoms with Crippen molar-refractivity contribution in [3.05, 3.63) is 77.1 Å². The molecule has 0 aliphatic carbocycles. The molecule has 0 fully saturated rings. The van der Waals surface area contributed by atoms with Crippen LogP contribution >= 0.6 is 0 Å². The number of hydrazone groups is 1. The van der Waals surface area contributed by atoms with E-state index in [2.05, 4.69) is 15.1 Å². The molecule has 0 bridgehead atoms. The predicted molar refractivity (Wildman–Crippen MR) is 123 cm³/mol. The highest BCUT2D eigenvalue weighted by Gasteiger charge is 2.10. The van der Waals surface area contributed by atoms with E-state index in [4.69, 9.17) is 9.47 Å². The highest BCUT2D eigenvalue weighted by atomic mass is 16.5. The van der Waals surface area contributed by atoms with Crippen LogP contribution in [0.2, 0.25) is 0 Å². The van der Waals surface area contributed by atoms with Crippen LogP contribution in [0.4, 0.5) is 0 Å². The highest BCUT2D eigenvalue weighted by molar-refractivity contribution is 5.84. The molecule has 1 heterocycles. The molecule has 0 saturated heterocycles. The number of hydrogen-bond acceptors (Lipinski definition) is 4. The van der Waals surface area contributed by atoms with Crippen LogP contribution in [-0.4, -0.2) is 29.9 Å². The Kier molecular flexibility index (Phi) is 7.49. The molecule has 1 amide bonds. The van der Waals surface area contributed by atoms with E-state index in [0.29, 0.717) is 13.2 Å². The standard InChI is InChI=1S/C25H29N3O3/c1-5-30-23-11-7-20(8-12-23)16-25(29)27-26-17-21-15-18(3)28(19(21)4)22-9-13-24(14-10-22)31-6-2/h7-15,17H,5-6,16H2,1-4H3,(H,27,29)/b26-17-. The normalized spacial score (nSPS) is 11.0. The van der Waals surface area contributed by atoms with Gasteiger partial charge in [0.05, 0.1) is 25.8 Å². The Morgan fingerprint density at radius 3 is 2.13 bits per heavy atom. The minimum absolute atomic E-state index is 0.166. The lowest BCUT2D eigenvalue weighted by Gasteiger charge is -2.10. The van der Waals surface area contributed by atoms with Crippen molar-refractivity contribution in [2.75, 3.05) is 13.2 Å². The van der Waals surface area contributed by atoms with Gasteiger partial charge >= 0.3 is 0 Å². The molecule has 0 unspecified atom stereocenters. The minimum atomic E-state index is -0.166. The van der Waals surface area contributed by atoms with Gasteiger partial charge in [-0.2, -0.15) is 5.10 Å². The van der Waals surface area contributed by atoms with Crippen LogP contribution in [-0.2, 0) is 11.2 Å². The quantitative estimate of drug-likeness (QED) is 0.408. The maximum Gasteiger partial charge on any atom is 0.244 e. The van der Waals surface area contributed by atoms with Crippen molar-refractivity contribution in [2.24, 2.45) is 5.10 Å². The lowest BCUT2D eigenvalue weighted by Crippen LogP contribution is -2.19. The molecule has 6 heteroatoms. The summed E-state index contributed by atoms with van der Waals surface area (Å²) in [6, 6.07) is 17.6. The van der Waals surface area contributed by atoms with Crippen molar-refractivity contribution in [2.45, 2.75) is 34.1 Å². The Bertz CT molecular complexity index is 1040. The first-order valence-electron chi connectivity index (χ1n) is 10.5. The lowest BCUT2D eigenvalue weighted by molar-refractivity contribution is -0.120. The summed E-state index contributed by atoms with van der Waals surface area (Å²) in [6.07, 6.45) is 1.94. The number of rotatable bonds is 9. The fourth-order valence-corrected chi connectivity index (χ4v) is 3.44. The van der Waals surface area contributed by atoms with Crippen LogP contribution in [0.3, 0.4) is 0 Å². The molecule has 1 N–H and O–H groups in total. The summed E-state index contributed by atoms with van der Waals surface area (Å²) in [5.74, 6) is 1.49. The van der Waals surface area contributed by atoms with E-state index in [0.717, 1.165) is 39.7 Å². The van der Waals surface area contributed by atoms with Crippen LogP contribution in [0.5, 0.6) is 11.5 Å². The average Bonchev–Trinajstić information content (AvgIpc) is 3.04. The van der Waals surface area contributed by atoms with Crippen LogP contribution in [0.1, 0.15) is 36.4 Å². The molecule has 3 aromatic rings. The van der Waals surface area contributed by atoms with Gasteiger partial charge in [0.15, 0.2) is 0 Å². The number of nitrogens with zero attached hydrogens (tertiary/aromatic N) is 2. The highest BCUT2D eigenvalue weighted by Crippen LogP contribution is 2.22. The van der Waals surface area contributed by atoms with Crippen LogP contribution in [0.15, 0.2) is 59.7 Å². The SMILES string of the molecule is CCOc1ccc(CC(=O)N/N=C\c2cc(C)n(-c3ccc(OCC)cc3)c2C)cc1. The van der Waals surface area contributed by atoms with Gasteiger partial charge in [-0.3, -0.25) is 4.79 Å². The van der Waals surface area contributed by atoms with Gasteiger partial charge in [0, 0.05) is 22.6 Å². The van der Waals surface area contributed by atoms with Gasteiger partial charge in [-0.05, 0) is 75.7 Å². The zero-order valence-electron chi connectivity index (χ0n) is 18.5. The number of carbonyl (C=O) groups excluding carboxylic acids is 1. The zero-order valence-corrected chi connectivity index (χ0v) is 18.5. The largest absolute Gasteiger partial charge is 0.494 e. The molecule has 31 heavy (non-hydrogen) atoms. The maximum absolute atomic E-state index is 12.2. The molecule has 2 aromatic carbocycles. The monoisotopic (exact) mass is 419 g/mol. The topological polar surface area (TPSA) is 64.8 Å². The molecule has 162 valence electrons. The second-order valence-electron chi connectivity index (χ2n) is 7.14. The third-order valence-electron chi connectivity index (χ3n) is 4.87. The minimum Gasteiger partial charge on any atom is -0.494 e. The zero-order chi connectivity index (χ0) is 22.2. The summed E-state index contributed by atoms with van der Waals surface area (Å²) in [6.45, 7) is 9.25. The number of carbonyl (C=O) groups is 1. The first-order chi connectivity index (χ1) is 15.0. The Balaban J connectivity index is 1.63. The molecule has 0 atom stereocenters. The van der Waals surface area contributed by atoms with E-state index >= 15 is 0 Å². The maximum atomic E-state index is 12.2. The van der Waals surface area contributed by atoms with Crippen LogP contribution < -0.4 is 14.9 Å². The Morgan fingerprint density at radius 2 is 1.55 bits per heavy atom. The number of aryl methyl sites for hydroxylation is 1. The van der Waals surface area contributed by atoms with Gasteiger partial charge in [0.25, 0.3) is 0 Å². The summed E-state index contributed by atoms with van der Waals surface area (Å²) >= 11 is 0. The van der Waals surface area contributed by atoms with E-state index < -0.39 is 0 Å². The molecule has 0 radical (unpaired) electrons. The first kappa shape index (κ1) is 22.2. The van der Waals surface area contributed by atoms with Gasteiger partial charge in [-0.1, -0.05) is 12.1 Å². The molecule has 0 saturated carbocycles.